The molecule has 0 aromatic rings. The number of rotatable bonds is 2. The smallest absolute Gasteiger partial charge is 0.327 e. The first kappa shape index (κ1) is 14.4. The van der Waals surface area contributed by atoms with E-state index in [0.717, 1.165) is 0 Å². The zero-order chi connectivity index (χ0) is 14.3. The van der Waals surface area contributed by atoms with Crippen LogP contribution in [-0.2, 0) is 14.6 Å². The standard InChI is InChI=1S/C10H16N2O5S2/c1-10(2-3-19(16,17)5-10)11-9(15)12-6-18-4-7(12)8(13)14/h7H,2-6H2,1H3,(H,11,15)(H,13,14). The van der Waals surface area contributed by atoms with Crippen molar-refractivity contribution in [2.45, 2.75) is 24.9 Å². The van der Waals surface area contributed by atoms with Crippen molar-refractivity contribution in [3.05, 3.63) is 0 Å². The summed E-state index contributed by atoms with van der Waals surface area (Å²) in [6.45, 7) is 1.68. The molecule has 0 radical (unpaired) electrons. The van der Waals surface area contributed by atoms with Crippen molar-refractivity contribution in [3.8, 4) is 0 Å². The number of carbonyl (C=O) groups excluding carboxylic acids is 1. The van der Waals surface area contributed by atoms with E-state index in [-0.39, 0.29) is 11.5 Å². The molecule has 2 rings (SSSR count). The molecule has 7 nitrogen and oxygen atoms in total. The maximum Gasteiger partial charge on any atom is 0.327 e. The van der Waals surface area contributed by atoms with Gasteiger partial charge in [-0.1, -0.05) is 0 Å². The van der Waals surface area contributed by atoms with Gasteiger partial charge in [-0.15, -0.1) is 11.8 Å². The summed E-state index contributed by atoms with van der Waals surface area (Å²) in [5.41, 5.74) is -0.799. The summed E-state index contributed by atoms with van der Waals surface area (Å²) in [4.78, 5) is 24.3. The largest absolute Gasteiger partial charge is 0.480 e. The van der Waals surface area contributed by atoms with E-state index in [0.29, 0.717) is 18.1 Å². The second kappa shape index (κ2) is 4.86. The zero-order valence-electron chi connectivity index (χ0n) is 10.5. The molecule has 9 heteroatoms. The monoisotopic (exact) mass is 308 g/mol. The minimum absolute atomic E-state index is 0.0564. The number of nitrogens with zero attached hydrogens (tertiary/aromatic N) is 1. The van der Waals surface area contributed by atoms with E-state index in [1.165, 1.54) is 16.7 Å². The van der Waals surface area contributed by atoms with Gasteiger partial charge in [-0.3, -0.25) is 0 Å². The van der Waals surface area contributed by atoms with E-state index in [1.54, 1.807) is 6.92 Å². The van der Waals surface area contributed by atoms with Crippen LogP contribution in [0.5, 0.6) is 0 Å². The molecule has 0 aliphatic carbocycles. The van der Waals surface area contributed by atoms with E-state index < -0.39 is 33.4 Å². The van der Waals surface area contributed by atoms with Gasteiger partial charge in [-0.2, -0.15) is 0 Å². The molecule has 0 bridgehead atoms. The molecule has 19 heavy (non-hydrogen) atoms. The van der Waals surface area contributed by atoms with Crippen LogP contribution in [0.15, 0.2) is 0 Å². The fourth-order valence-corrected chi connectivity index (χ4v) is 5.52. The van der Waals surface area contributed by atoms with Crippen LogP contribution in [0.3, 0.4) is 0 Å². The third-order valence-electron chi connectivity index (χ3n) is 3.34. The van der Waals surface area contributed by atoms with Crippen molar-refractivity contribution < 1.29 is 23.1 Å². The molecule has 2 N–H and O–H groups in total. The number of urea groups is 1. The second-order valence-corrected chi connectivity index (χ2v) is 8.34. The molecule has 2 atom stereocenters. The normalized spacial score (nSPS) is 33.3. The Kier molecular flexibility index (Phi) is 3.69. The average molecular weight is 308 g/mol. The Labute approximate surface area is 115 Å². The fourth-order valence-electron chi connectivity index (χ4n) is 2.29. The predicted molar refractivity (Wildman–Crippen MR) is 70.8 cm³/mol. The van der Waals surface area contributed by atoms with Crippen molar-refractivity contribution >= 4 is 33.6 Å². The van der Waals surface area contributed by atoms with Gasteiger partial charge in [0.1, 0.15) is 6.04 Å². The molecule has 2 amide bonds. The molecule has 0 saturated carbocycles. The highest BCUT2D eigenvalue weighted by molar-refractivity contribution is 7.99. The van der Waals surface area contributed by atoms with E-state index >= 15 is 0 Å². The Hall–Kier alpha value is -0.960. The minimum atomic E-state index is -3.11. The number of nitrogens with one attached hydrogen (secondary N) is 1. The van der Waals surface area contributed by atoms with Crippen LogP contribution in [0.25, 0.3) is 0 Å². The second-order valence-electron chi connectivity index (χ2n) is 5.16. The lowest BCUT2D eigenvalue weighted by Crippen LogP contribution is -2.55. The first-order valence-electron chi connectivity index (χ1n) is 5.82. The van der Waals surface area contributed by atoms with Gasteiger partial charge < -0.3 is 15.3 Å². The van der Waals surface area contributed by atoms with E-state index in [4.69, 9.17) is 5.11 Å². The van der Waals surface area contributed by atoms with Crippen molar-refractivity contribution in [3.63, 3.8) is 0 Å². The maximum absolute atomic E-state index is 12.1. The quantitative estimate of drug-likeness (QED) is 0.728. The lowest BCUT2D eigenvalue weighted by atomic mass is 10.0. The molecule has 2 saturated heterocycles. The van der Waals surface area contributed by atoms with Gasteiger partial charge in [0.05, 0.1) is 22.9 Å². The van der Waals surface area contributed by atoms with Crippen LogP contribution in [0.1, 0.15) is 13.3 Å². The summed E-state index contributed by atoms with van der Waals surface area (Å²) in [5, 5.41) is 11.7. The SMILES string of the molecule is CC1(NC(=O)N2CSCC2C(=O)O)CCS(=O)(=O)C1. The van der Waals surface area contributed by atoms with E-state index in [1.807, 2.05) is 0 Å². The summed E-state index contributed by atoms with van der Waals surface area (Å²) in [6, 6.07) is -1.34. The summed E-state index contributed by atoms with van der Waals surface area (Å²) in [5.74, 6) is -0.404. The summed E-state index contributed by atoms with van der Waals surface area (Å²) < 4.78 is 22.9. The van der Waals surface area contributed by atoms with Crippen LogP contribution in [0, 0.1) is 0 Å². The molecule has 2 unspecified atom stereocenters. The molecule has 0 aromatic carbocycles. The summed E-state index contributed by atoms with van der Waals surface area (Å²) in [6.07, 6.45) is 0.361. The molecular formula is C10H16N2O5S2. The summed E-state index contributed by atoms with van der Waals surface area (Å²) in [7, 11) is -3.11. The number of hydrogen-bond donors (Lipinski definition) is 2. The Bertz CT molecular complexity index is 506. The Morgan fingerprint density at radius 3 is 2.68 bits per heavy atom. The molecule has 0 spiro atoms. The highest BCUT2D eigenvalue weighted by atomic mass is 32.2. The topological polar surface area (TPSA) is 104 Å². The Balaban J connectivity index is 2.04. The Morgan fingerprint density at radius 1 is 1.47 bits per heavy atom. The van der Waals surface area contributed by atoms with Gasteiger partial charge in [0, 0.05) is 5.75 Å². The highest BCUT2D eigenvalue weighted by Gasteiger charge is 2.42. The van der Waals surface area contributed by atoms with Crippen molar-refractivity contribution in [1.82, 2.24) is 10.2 Å². The van der Waals surface area contributed by atoms with Gasteiger partial charge in [-0.25, -0.2) is 18.0 Å². The number of amides is 2. The lowest BCUT2D eigenvalue weighted by Gasteiger charge is -2.29. The molecule has 2 aliphatic rings. The van der Waals surface area contributed by atoms with Gasteiger partial charge in [0.15, 0.2) is 9.84 Å². The van der Waals surface area contributed by atoms with Crippen LogP contribution in [0.4, 0.5) is 4.79 Å². The molecular weight excluding hydrogens is 292 g/mol. The minimum Gasteiger partial charge on any atom is -0.480 e. The third-order valence-corrected chi connectivity index (χ3v) is 6.26. The number of hydrogen-bond acceptors (Lipinski definition) is 5. The number of carboxylic acid groups (broad SMARTS) is 1. The lowest BCUT2D eigenvalue weighted by molar-refractivity contribution is -0.140. The first-order chi connectivity index (χ1) is 8.72. The number of sulfone groups is 1. The Morgan fingerprint density at radius 2 is 2.16 bits per heavy atom. The van der Waals surface area contributed by atoms with Gasteiger partial charge in [0.2, 0.25) is 0 Å². The highest BCUT2D eigenvalue weighted by Crippen LogP contribution is 2.25. The van der Waals surface area contributed by atoms with Crippen LogP contribution >= 0.6 is 11.8 Å². The van der Waals surface area contributed by atoms with Crippen LogP contribution in [0.2, 0.25) is 0 Å². The van der Waals surface area contributed by atoms with Crippen molar-refractivity contribution in [1.29, 1.82) is 0 Å². The van der Waals surface area contributed by atoms with Crippen LogP contribution < -0.4 is 5.32 Å². The van der Waals surface area contributed by atoms with Gasteiger partial charge in [0.25, 0.3) is 0 Å². The third kappa shape index (κ3) is 3.14. The first-order valence-corrected chi connectivity index (χ1v) is 8.80. The van der Waals surface area contributed by atoms with Crippen molar-refractivity contribution in [2.24, 2.45) is 0 Å². The zero-order valence-corrected chi connectivity index (χ0v) is 12.1. The molecule has 108 valence electrons. The number of carbonyl (C=O) groups is 2. The predicted octanol–water partition coefficient (Wildman–Crippen LogP) is -0.267. The van der Waals surface area contributed by atoms with Crippen LogP contribution in [-0.4, -0.2) is 65.1 Å². The maximum atomic E-state index is 12.1. The number of thioether (sulfide) groups is 1. The van der Waals surface area contributed by atoms with Crippen molar-refractivity contribution in [2.75, 3.05) is 23.1 Å². The summed E-state index contributed by atoms with van der Waals surface area (Å²) >= 11 is 1.37. The van der Waals surface area contributed by atoms with Gasteiger partial charge >= 0.3 is 12.0 Å². The fraction of sp³-hybridized carbons (Fsp3) is 0.800. The molecule has 2 fully saturated rings. The number of carboxylic acids is 1. The van der Waals surface area contributed by atoms with E-state index in [2.05, 4.69) is 5.32 Å². The molecule has 2 aliphatic heterocycles. The average Bonchev–Trinajstić information content (AvgIpc) is 2.83. The van der Waals surface area contributed by atoms with E-state index in [9.17, 15) is 18.0 Å². The number of aliphatic carboxylic acids is 1. The molecule has 2 heterocycles. The van der Waals surface area contributed by atoms with Gasteiger partial charge in [-0.05, 0) is 13.3 Å². The molecule has 0 aromatic heterocycles.